The third-order valence-electron chi connectivity index (χ3n) is 5.21. The van der Waals surface area contributed by atoms with Gasteiger partial charge in [0.2, 0.25) is 0 Å². The summed E-state index contributed by atoms with van der Waals surface area (Å²) in [5.41, 5.74) is 1.46. The maximum Gasteiger partial charge on any atom is 0.0999 e. The van der Waals surface area contributed by atoms with E-state index in [-0.39, 0.29) is 10.9 Å². The Balaban J connectivity index is 1.76. The van der Waals surface area contributed by atoms with Crippen LogP contribution in [-0.2, 0) is 0 Å². The van der Waals surface area contributed by atoms with Gasteiger partial charge in [-0.15, -0.1) is 11.8 Å². The zero-order valence-corrected chi connectivity index (χ0v) is 14.9. The first kappa shape index (κ1) is 16.4. The van der Waals surface area contributed by atoms with Gasteiger partial charge in [-0.05, 0) is 37.3 Å². The Morgan fingerprint density at radius 1 is 1.41 bits per heavy atom. The van der Waals surface area contributed by atoms with Gasteiger partial charge >= 0.3 is 0 Å². The van der Waals surface area contributed by atoms with Crippen molar-refractivity contribution in [1.29, 1.82) is 0 Å². The molecule has 2 aliphatic heterocycles. The van der Waals surface area contributed by atoms with E-state index in [1.807, 2.05) is 0 Å². The largest absolute Gasteiger partial charge is 0.382 e. The number of likely N-dealkylation sites (tertiary alicyclic amines) is 1. The van der Waals surface area contributed by atoms with Gasteiger partial charge in [-0.1, -0.05) is 51.2 Å². The quantitative estimate of drug-likeness (QED) is 0.851. The molecule has 3 heteroatoms. The van der Waals surface area contributed by atoms with Crippen molar-refractivity contribution < 1.29 is 5.11 Å². The fraction of sp³-hybridized carbons (Fsp3) is 0.684. The Morgan fingerprint density at radius 3 is 3.00 bits per heavy atom. The minimum atomic E-state index is -0.129. The van der Waals surface area contributed by atoms with Crippen molar-refractivity contribution in [2.75, 3.05) is 13.1 Å². The van der Waals surface area contributed by atoms with Crippen LogP contribution in [0.2, 0.25) is 0 Å². The van der Waals surface area contributed by atoms with Gasteiger partial charge in [0, 0.05) is 23.3 Å². The lowest BCUT2D eigenvalue weighted by molar-refractivity contribution is 0.130. The van der Waals surface area contributed by atoms with Crippen molar-refractivity contribution in [2.45, 2.75) is 56.8 Å². The van der Waals surface area contributed by atoms with E-state index >= 15 is 0 Å². The second-order valence-corrected chi connectivity index (χ2v) is 8.94. The van der Waals surface area contributed by atoms with Gasteiger partial charge in [-0.2, -0.15) is 0 Å². The maximum absolute atomic E-state index is 9.91. The van der Waals surface area contributed by atoms with E-state index in [1.54, 1.807) is 11.8 Å². The molecule has 3 rings (SSSR count). The summed E-state index contributed by atoms with van der Waals surface area (Å²) < 4.78 is 0. The van der Waals surface area contributed by atoms with Crippen molar-refractivity contribution in [1.82, 2.24) is 4.90 Å². The fourth-order valence-electron chi connectivity index (χ4n) is 4.15. The summed E-state index contributed by atoms with van der Waals surface area (Å²) in [6.07, 6.45) is 14.7. The van der Waals surface area contributed by atoms with Crippen LogP contribution in [0.1, 0.15) is 40.0 Å². The number of hydrogen-bond acceptors (Lipinski definition) is 3. The second kappa shape index (κ2) is 6.54. The van der Waals surface area contributed by atoms with Crippen LogP contribution in [-0.4, -0.2) is 39.8 Å². The van der Waals surface area contributed by atoms with E-state index in [0.717, 1.165) is 19.4 Å². The zero-order valence-electron chi connectivity index (χ0n) is 14.0. The monoisotopic (exact) mass is 319 g/mol. The van der Waals surface area contributed by atoms with Gasteiger partial charge in [0.05, 0.1) is 5.44 Å². The first-order chi connectivity index (χ1) is 10.5. The molecule has 1 N–H and O–H groups in total. The third kappa shape index (κ3) is 3.52. The van der Waals surface area contributed by atoms with Crippen LogP contribution in [0.25, 0.3) is 0 Å². The topological polar surface area (TPSA) is 23.5 Å². The Labute approximate surface area is 139 Å². The SMILES string of the molecule is CCC(C1=CC(C)(C)C=CC=C1)N1CCC2S[C@@H](O)CC2C1. The van der Waals surface area contributed by atoms with Gasteiger partial charge in [-0.3, -0.25) is 4.90 Å². The molecule has 4 atom stereocenters. The maximum atomic E-state index is 9.91. The summed E-state index contributed by atoms with van der Waals surface area (Å²) in [7, 11) is 0. The number of rotatable bonds is 3. The van der Waals surface area contributed by atoms with Gasteiger partial charge < -0.3 is 5.11 Å². The molecule has 0 amide bonds. The second-order valence-electron chi connectivity index (χ2n) is 7.52. The van der Waals surface area contributed by atoms with Crippen LogP contribution in [0.4, 0.5) is 0 Å². The standard InChI is InChI=1S/C19H29NOS/c1-4-16(14-7-5-6-9-19(2,3)12-14)20-10-8-17-15(13-20)11-18(21)22-17/h5-7,9,12,15-18,21H,4,8,10-11,13H2,1-3H3/t15?,16?,17?,18-/m1/s1. The molecule has 122 valence electrons. The molecule has 0 spiro atoms. The first-order valence-electron chi connectivity index (χ1n) is 8.65. The van der Waals surface area contributed by atoms with Crippen molar-refractivity contribution in [3.05, 3.63) is 36.0 Å². The molecule has 0 aromatic carbocycles. The highest BCUT2D eigenvalue weighted by atomic mass is 32.2. The Hall–Kier alpha value is -0.510. The normalized spacial score (nSPS) is 35.8. The first-order valence-corrected chi connectivity index (χ1v) is 9.59. The number of nitrogens with zero attached hydrogens (tertiary/aromatic N) is 1. The van der Waals surface area contributed by atoms with E-state index in [1.165, 1.54) is 18.5 Å². The summed E-state index contributed by atoms with van der Waals surface area (Å²) in [5, 5.41) is 10.6. The molecule has 0 bridgehead atoms. The Morgan fingerprint density at radius 2 is 2.23 bits per heavy atom. The molecule has 2 fully saturated rings. The minimum absolute atomic E-state index is 0.129. The van der Waals surface area contributed by atoms with Crippen molar-refractivity contribution in [3.8, 4) is 0 Å². The molecule has 1 aliphatic carbocycles. The molecular formula is C19H29NOS. The van der Waals surface area contributed by atoms with Crippen molar-refractivity contribution in [2.24, 2.45) is 11.3 Å². The summed E-state index contributed by atoms with van der Waals surface area (Å²) in [6, 6.07) is 0.513. The lowest BCUT2D eigenvalue weighted by atomic mass is 9.87. The van der Waals surface area contributed by atoms with Gasteiger partial charge in [0.15, 0.2) is 0 Å². The molecule has 3 aliphatic rings. The molecule has 0 aromatic rings. The van der Waals surface area contributed by atoms with Crippen molar-refractivity contribution in [3.63, 3.8) is 0 Å². The highest BCUT2D eigenvalue weighted by Gasteiger charge is 2.39. The van der Waals surface area contributed by atoms with E-state index in [4.69, 9.17) is 0 Å². The van der Waals surface area contributed by atoms with Gasteiger partial charge in [0.1, 0.15) is 0 Å². The third-order valence-corrected chi connectivity index (χ3v) is 6.69. The summed E-state index contributed by atoms with van der Waals surface area (Å²) >= 11 is 1.80. The van der Waals surface area contributed by atoms with Crippen LogP contribution in [0.15, 0.2) is 36.0 Å². The highest BCUT2D eigenvalue weighted by molar-refractivity contribution is 8.00. The van der Waals surface area contributed by atoms with Gasteiger partial charge in [-0.25, -0.2) is 0 Å². The molecule has 2 saturated heterocycles. The Kier molecular flexibility index (Phi) is 4.86. The van der Waals surface area contributed by atoms with E-state index < -0.39 is 0 Å². The Bertz CT molecular complexity index is 494. The van der Waals surface area contributed by atoms with Crippen LogP contribution in [0.3, 0.4) is 0 Å². The number of hydrogen-bond donors (Lipinski definition) is 1. The molecule has 0 aromatic heterocycles. The average Bonchev–Trinajstić information content (AvgIpc) is 2.73. The number of piperidine rings is 1. The lowest BCUT2D eigenvalue weighted by Gasteiger charge is -2.40. The van der Waals surface area contributed by atoms with E-state index in [0.29, 0.717) is 17.2 Å². The van der Waals surface area contributed by atoms with E-state index in [9.17, 15) is 5.11 Å². The summed E-state index contributed by atoms with van der Waals surface area (Å²) in [6.45, 7) is 9.17. The molecule has 0 radical (unpaired) electrons. The molecule has 0 saturated carbocycles. The highest BCUT2D eigenvalue weighted by Crippen LogP contribution is 2.43. The van der Waals surface area contributed by atoms with Crippen LogP contribution in [0.5, 0.6) is 0 Å². The van der Waals surface area contributed by atoms with Gasteiger partial charge in [0.25, 0.3) is 0 Å². The predicted molar refractivity (Wildman–Crippen MR) is 95.9 cm³/mol. The molecule has 2 nitrogen and oxygen atoms in total. The predicted octanol–water partition coefficient (Wildman–Crippen LogP) is 3.99. The smallest absolute Gasteiger partial charge is 0.0999 e. The minimum Gasteiger partial charge on any atom is -0.382 e. The lowest BCUT2D eigenvalue weighted by Crippen LogP contribution is -2.46. The average molecular weight is 320 g/mol. The molecule has 22 heavy (non-hydrogen) atoms. The van der Waals surface area contributed by atoms with E-state index in [2.05, 4.69) is 56.1 Å². The summed E-state index contributed by atoms with van der Waals surface area (Å²) in [4.78, 5) is 2.66. The summed E-state index contributed by atoms with van der Waals surface area (Å²) in [5.74, 6) is 0.671. The number of thioether (sulfide) groups is 1. The van der Waals surface area contributed by atoms with Crippen molar-refractivity contribution >= 4 is 11.8 Å². The number of aliphatic hydroxyl groups excluding tert-OH is 1. The molecule has 3 unspecified atom stereocenters. The number of fused-ring (bicyclic) bond motifs is 1. The number of aliphatic hydroxyl groups is 1. The molecule has 2 heterocycles. The fourth-order valence-corrected chi connectivity index (χ4v) is 5.57. The molecular weight excluding hydrogens is 290 g/mol. The van der Waals surface area contributed by atoms with Crippen LogP contribution in [0, 0.1) is 11.3 Å². The van der Waals surface area contributed by atoms with Crippen LogP contribution >= 0.6 is 11.8 Å². The van der Waals surface area contributed by atoms with Crippen LogP contribution < -0.4 is 0 Å². The zero-order chi connectivity index (χ0) is 15.7. The number of allylic oxidation sites excluding steroid dienone is 4.